The van der Waals surface area contributed by atoms with Crippen molar-refractivity contribution in [2.75, 3.05) is 13.1 Å². The Kier molecular flexibility index (Phi) is 3.95. The topological polar surface area (TPSA) is 52.2 Å². The highest BCUT2D eigenvalue weighted by Gasteiger charge is 2.32. The molecule has 2 aromatic heterocycles. The Hall–Kier alpha value is -1.66. The molecule has 122 valence electrons. The van der Waals surface area contributed by atoms with Crippen LogP contribution < -0.4 is 0 Å². The van der Waals surface area contributed by atoms with Crippen LogP contribution in [-0.2, 0) is 19.5 Å². The molecule has 1 fully saturated rings. The average Bonchev–Trinajstić information content (AvgIpc) is 3.27. The van der Waals surface area contributed by atoms with Gasteiger partial charge in [-0.2, -0.15) is 16.4 Å². The fourth-order valence-electron chi connectivity index (χ4n) is 3.67. The van der Waals surface area contributed by atoms with Crippen molar-refractivity contribution >= 4 is 17.2 Å². The van der Waals surface area contributed by atoms with E-state index in [0.717, 1.165) is 56.7 Å². The Labute approximate surface area is 140 Å². The average molecular weight is 330 g/mol. The molecule has 0 radical (unpaired) electrons. The zero-order valence-electron chi connectivity index (χ0n) is 13.4. The van der Waals surface area contributed by atoms with Crippen molar-refractivity contribution in [3.63, 3.8) is 0 Å². The molecule has 2 aliphatic heterocycles. The molecular weight excluding hydrogens is 308 g/mol. The molecule has 5 nitrogen and oxygen atoms in total. The van der Waals surface area contributed by atoms with E-state index in [1.807, 2.05) is 4.90 Å². The molecular formula is C17H22N4OS. The predicted octanol–water partition coefficient (Wildman–Crippen LogP) is 2.65. The number of carbonyl (C=O) groups excluding carboxylic acids is 1. The van der Waals surface area contributed by atoms with E-state index in [9.17, 15) is 4.79 Å². The van der Waals surface area contributed by atoms with Gasteiger partial charge in [-0.15, -0.1) is 0 Å². The minimum absolute atomic E-state index is 0.102. The lowest BCUT2D eigenvalue weighted by molar-refractivity contribution is 0.0738. The van der Waals surface area contributed by atoms with Crippen LogP contribution in [0.15, 0.2) is 16.8 Å². The number of aromatic amines is 1. The summed E-state index contributed by atoms with van der Waals surface area (Å²) in [6.45, 7) is 5.76. The van der Waals surface area contributed by atoms with E-state index >= 15 is 0 Å². The normalized spacial score (nSPS) is 21.6. The molecule has 1 unspecified atom stereocenters. The van der Waals surface area contributed by atoms with E-state index in [-0.39, 0.29) is 5.91 Å². The summed E-state index contributed by atoms with van der Waals surface area (Å²) in [4.78, 5) is 17.2. The van der Waals surface area contributed by atoms with Gasteiger partial charge in [0.1, 0.15) is 0 Å². The molecule has 1 atom stereocenters. The standard InChI is InChI=1S/C17H22N4OS/c1-12-3-2-6-21(12)17(22)16-14-10-20(7-4-15(14)18-19-16)9-13-5-8-23-11-13/h5,8,11-12H,2-4,6-7,9-10H2,1H3,(H,18,19). The molecule has 2 aliphatic rings. The third-order valence-corrected chi connectivity index (χ3v) is 5.75. The van der Waals surface area contributed by atoms with Crippen LogP contribution in [0.4, 0.5) is 0 Å². The highest BCUT2D eigenvalue weighted by Crippen LogP contribution is 2.26. The molecule has 23 heavy (non-hydrogen) atoms. The SMILES string of the molecule is CC1CCCN1C(=O)c1n[nH]c2c1CN(Cc1ccsc1)CC2. The van der Waals surface area contributed by atoms with E-state index in [2.05, 4.69) is 38.8 Å². The molecule has 0 bridgehead atoms. The lowest BCUT2D eigenvalue weighted by Gasteiger charge is -2.27. The number of H-pyrrole nitrogens is 1. The maximum atomic E-state index is 12.8. The number of rotatable bonds is 3. The highest BCUT2D eigenvalue weighted by atomic mass is 32.1. The van der Waals surface area contributed by atoms with Crippen molar-refractivity contribution in [1.82, 2.24) is 20.0 Å². The van der Waals surface area contributed by atoms with E-state index in [1.165, 1.54) is 5.56 Å². The molecule has 1 amide bonds. The molecule has 6 heteroatoms. The van der Waals surface area contributed by atoms with Crippen molar-refractivity contribution < 1.29 is 4.79 Å². The van der Waals surface area contributed by atoms with Crippen molar-refractivity contribution in [3.8, 4) is 0 Å². The van der Waals surface area contributed by atoms with Gasteiger partial charge < -0.3 is 4.90 Å². The number of aromatic nitrogens is 2. The Morgan fingerprint density at radius 1 is 1.48 bits per heavy atom. The summed E-state index contributed by atoms with van der Waals surface area (Å²) in [6.07, 6.45) is 3.14. The van der Waals surface area contributed by atoms with Gasteiger partial charge in [0, 0.05) is 49.9 Å². The van der Waals surface area contributed by atoms with Crippen LogP contribution in [0.3, 0.4) is 0 Å². The van der Waals surface area contributed by atoms with E-state index in [0.29, 0.717) is 11.7 Å². The van der Waals surface area contributed by atoms with Crippen LogP contribution >= 0.6 is 11.3 Å². The number of thiophene rings is 1. The quantitative estimate of drug-likeness (QED) is 0.941. The van der Waals surface area contributed by atoms with Crippen LogP contribution in [-0.4, -0.2) is 45.0 Å². The first kappa shape index (κ1) is 14.9. The van der Waals surface area contributed by atoms with Gasteiger partial charge in [-0.1, -0.05) is 0 Å². The largest absolute Gasteiger partial charge is 0.335 e. The zero-order chi connectivity index (χ0) is 15.8. The molecule has 1 saturated heterocycles. The molecule has 0 spiro atoms. The summed E-state index contributed by atoms with van der Waals surface area (Å²) in [6, 6.07) is 2.51. The first-order chi connectivity index (χ1) is 11.2. The number of amides is 1. The molecule has 0 saturated carbocycles. The third kappa shape index (κ3) is 2.81. The zero-order valence-corrected chi connectivity index (χ0v) is 14.2. The molecule has 4 rings (SSSR count). The third-order valence-electron chi connectivity index (χ3n) is 5.02. The van der Waals surface area contributed by atoms with E-state index < -0.39 is 0 Å². The summed E-state index contributed by atoms with van der Waals surface area (Å²) < 4.78 is 0. The number of hydrogen-bond acceptors (Lipinski definition) is 4. The van der Waals surface area contributed by atoms with Crippen LogP contribution in [0.25, 0.3) is 0 Å². The van der Waals surface area contributed by atoms with Gasteiger partial charge in [0.25, 0.3) is 5.91 Å². The van der Waals surface area contributed by atoms with Crippen molar-refractivity contribution in [2.24, 2.45) is 0 Å². The summed E-state index contributed by atoms with van der Waals surface area (Å²) in [5, 5.41) is 11.8. The number of hydrogen-bond donors (Lipinski definition) is 1. The summed E-state index contributed by atoms with van der Waals surface area (Å²) in [7, 11) is 0. The van der Waals surface area contributed by atoms with E-state index in [1.54, 1.807) is 11.3 Å². The first-order valence-electron chi connectivity index (χ1n) is 8.33. The maximum Gasteiger partial charge on any atom is 0.274 e. The van der Waals surface area contributed by atoms with Gasteiger partial charge in [0.15, 0.2) is 5.69 Å². The summed E-state index contributed by atoms with van der Waals surface area (Å²) in [5.74, 6) is 0.102. The summed E-state index contributed by atoms with van der Waals surface area (Å²) >= 11 is 1.73. The van der Waals surface area contributed by atoms with Crippen LogP contribution in [0.5, 0.6) is 0 Å². The van der Waals surface area contributed by atoms with Crippen molar-refractivity contribution in [2.45, 2.75) is 45.3 Å². The lowest BCUT2D eigenvalue weighted by atomic mass is 10.0. The van der Waals surface area contributed by atoms with Crippen molar-refractivity contribution in [3.05, 3.63) is 39.3 Å². The second kappa shape index (κ2) is 6.09. The maximum absolute atomic E-state index is 12.8. The van der Waals surface area contributed by atoms with Crippen LogP contribution in [0.2, 0.25) is 0 Å². The summed E-state index contributed by atoms with van der Waals surface area (Å²) in [5.41, 5.74) is 4.24. The van der Waals surface area contributed by atoms with Crippen LogP contribution in [0.1, 0.15) is 47.1 Å². The monoisotopic (exact) mass is 330 g/mol. The minimum atomic E-state index is 0.102. The molecule has 4 heterocycles. The molecule has 0 aromatic carbocycles. The smallest absolute Gasteiger partial charge is 0.274 e. The molecule has 1 N–H and O–H groups in total. The number of nitrogens with zero attached hydrogens (tertiary/aromatic N) is 3. The van der Waals surface area contributed by atoms with Crippen molar-refractivity contribution in [1.29, 1.82) is 0 Å². The van der Waals surface area contributed by atoms with E-state index in [4.69, 9.17) is 0 Å². The van der Waals surface area contributed by atoms with Gasteiger partial charge in [-0.3, -0.25) is 14.8 Å². The first-order valence-corrected chi connectivity index (χ1v) is 9.27. The van der Waals surface area contributed by atoms with Gasteiger partial charge in [-0.05, 0) is 42.2 Å². The lowest BCUT2D eigenvalue weighted by Crippen LogP contribution is -2.36. The Morgan fingerprint density at radius 2 is 2.39 bits per heavy atom. The van der Waals surface area contributed by atoms with Gasteiger partial charge in [-0.25, -0.2) is 0 Å². The Balaban J connectivity index is 1.53. The highest BCUT2D eigenvalue weighted by molar-refractivity contribution is 7.07. The molecule has 2 aromatic rings. The van der Waals surface area contributed by atoms with Gasteiger partial charge in [0.2, 0.25) is 0 Å². The van der Waals surface area contributed by atoms with Crippen LogP contribution in [0, 0.1) is 0 Å². The number of likely N-dealkylation sites (tertiary alicyclic amines) is 1. The fraction of sp³-hybridized carbons (Fsp3) is 0.529. The Morgan fingerprint density at radius 3 is 3.13 bits per heavy atom. The fourth-order valence-corrected chi connectivity index (χ4v) is 4.33. The number of carbonyl (C=O) groups is 1. The molecule has 0 aliphatic carbocycles. The number of nitrogens with one attached hydrogen (secondary N) is 1. The number of fused-ring (bicyclic) bond motifs is 1. The minimum Gasteiger partial charge on any atom is -0.335 e. The predicted molar refractivity (Wildman–Crippen MR) is 90.5 cm³/mol. The van der Waals surface area contributed by atoms with Gasteiger partial charge in [0.05, 0.1) is 0 Å². The second-order valence-corrected chi connectivity index (χ2v) is 7.39. The van der Waals surface area contributed by atoms with Gasteiger partial charge >= 0.3 is 0 Å². The second-order valence-electron chi connectivity index (χ2n) is 6.61. The Bertz CT molecular complexity index is 694.